The number of ether oxygens (including phenoxy) is 1. The lowest BCUT2D eigenvalue weighted by atomic mass is 9.69. The molecule has 0 spiro atoms. The van der Waals surface area contributed by atoms with Gasteiger partial charge in [0.25, 0.3) is 15.9 Å². The van der Waals surface area contributed by atoms with E-state index in [1.165, 1.54) is 0 Å². The molecule has 188 valence electrons. The van der Waals surface area contributed by atoms with E-state index in [1.807, 2.05) is 37.3 Å². The molecule has 0 unspecified atom stereocenters. The Labute approximate surface area is 212 Å². The van der Waals surface area contributed by atoms with Gasteiger partial charge in [0, 0.05) is 17.7 Å². The van der Waals surface area contributed by atoms with E-state index in [0.717, 1.165) is 29.7 Å². The smallest absolute Gasteiger partial charge is 0.276 e. The van der Waals surface area contributed by atoms with Crippen molar-refractivity contribution in [2.45, 2.75) is 42.9 Å². The molecule has 3 aromatic rings. The summed E-state index contributed by atoms with van der Waals surface area (Å²) in [5.41, 5.74) is 3.14. The summed E-state index contributed by atoms with van der Waals surface area (Å²) in [5.74, 6) is 0.343. The second-order valence-corrected chi connectivity index (χ2v) is 10.8. The van der Waals surface area contributed by atoms with Gasteiger partial charge >= 0.3 is 0 Å². The molecular formula is C28H31N3O4S. The van der Waals surface area contributed by atoms with E-state index in [2.05, 4.69) is 27.4 Å². The number of hydrazone groups is 1. The van der Waals surface area contributed by atoms with Crippen LogP contribution >= 0.6 is 0 Å². The standard InChI is InChI=1S/C28H31N3O4S/c1-21-12-14-24(15-13-21)36(33,34)31-30-23-16-18-28(19-17-23,22-8-4-3-5-9-22)20-29-27(32)25-10-6-7-11-26(25)35-2/h3-15,31H,16-20H2,1-2H3,(H,29,32). The van der Waals surface area contributed by atoms with Gasteiger partial charge in [-0.1, -0.05) is 60.2 Å². The molecular weight excluding hydrogens is 474 g/mol. The van der Waals surface area contributed by atoms with Crippen LogP contribution in [0, 0.1) is 6.92 Å². The Balaban J connectivity index is 1.47. The highest BCUT2D eigenvalue weighted by Crippen LogP contribution is 2.38. The zero-order chi connectivity index (χ0) is 25.6. The normalized spacial score (nSPS) is 17.8. The van der Waals surface area contributed by atoms with Crippen LogP contribution in [0.4, 0.5) is 0 Å². The van der Waals surface area contributed by atoms with Gasteiger partial charge in [-0.3, -0.25) is 4.79 Å². The Kier molecular flexibility index (Phi) is 7.74. The number of nitrogens with zero attached hydrogens (tertiary/aromatic N) is 1. The van der Waals surface area contributed by atoms with Gasteiger partial charge in [-0.05, 0) is 62.4 Å². The summed E-state index contributed by atoms with van der Waals surface area (Å²) in [4.78, 5) is 15.6. The predicted octanol–water partition coefficient (Wildman–Crippen LogP) is 4.58. The third kappa shape index (κ3) is 5.76. The van der Waals surface area contributed by atoms with Crippen LogP contribution in [0.25, 0.3) is 0 Å². The van der Waals surface area contributed by atoms with Crippen molar-refractivity contribution < 1.29 is 17.9 Å². The average Bonchev–Trinajstić information content (AvgIpc) is 2.92. The number of methoxy groups -OCH3 is 1. The molecule has 0 aliphatic heterocycles. The number of carbonyl (C=O) groups excluding carboxylic acids is 1. The highest BCUT2D eigenvalue weighted by molar-refractivity contribution is 7.89. The number of nitrogens with one attached hydrogen (secondary N) is 2. The van der Waals surface area contributed by atoms with Gasteiger partial charge in [0.1, 0.15) is 5.75 Å². The molecule has 8 heteroatoms. The average molecular weight is 506 g/mol. The van der Waals surface area contributed by atoms with E-state index < -0.39 is 10.0 Å². The summed E-state index contributed by atoms with van der Waals surface area (Å²) < 4.78 is 30.6. The van der Waals surface area contributed by atoms with Crippen molar-refractivity contribution in [3.05, 3.63) is 95.6 Å². The summed E-state index contributed by atoms with van der Waals surface area (Å²) in [6.45, 7) is 2.36. The number of rotatable bonds is 8. The number of para-hydroxylation sites is 1. The maximum Gasteiger partial charge on any atom is 0.276 e. The number of sulfonamides is 1. The van der Waals surface area contributed by atoms with Crippen LogP contribution in [0.3, 0.4) is 0 Å². The third-order valence-corrected chi connectivity index (χ3v) is 7.99. The first-order valence-corrected chi connectivity index (χ1v) is 13.4. The lowest BCUT2D eigenvalue weighted by Crippen LogP contribution is -2.43. The van der Waals surface area contributed by atoms with E-state index in [1.54, 1.807) is 43.5 Å². The molecule has 0 saturated heterocycles. The molecule has 1 saturated carbocycles. The molecule has 2 N–H and O–H groups in total. The maximum absolute atomic E-state index is 13.0. The minimum absolute atomic E-state index is 0.186. The van der Waals surface area contributed by atoms with Crippen molar-refractivity contribution in [1.29, 1.82) is 0 Å². The van der Waals surface area contributed by atoms with Crippen molar-refractivity contribution in [3.63, 3.8) is 0 Å². The van der Waals surface area contributed by atoms with Gasteiger partial charge < -0.3 is 10.1 Å². The Morgan fingerprint density at radius 1 is 0.944 bits per heavy atom. The zero-order valence-corrected chi connectivity index (χ0v) is 21.3. The fourth-order valence-electron chi connectivity index (χ4n) is 4.56. The highest BCUT2D eigenvalue weighted by atomic mass is 32.2. The van der Waals surface area contributed by atoms with Crippen LogP contribution in [-0.4, -0.2) is 33.7 Å². The van der Waals surface area contributed by atoms with Gasteiger partial charge in [0.05, 0.1) is 17.6 Å². The van der Waals surface area contributed by atoms with Gasteiger partial charge in [-0.15, -0.1) is 0 Å². The first kappa shape index (κ1) is 25.4. The molecule has 36 heavy (non-hydrogen) atoms. The Morgan fingerprint density at radius 2 is 1.58 bits per heavy atom. The molecule has 0 aromatic heterocycles. The Bertz CT molecular complexity index is 1330. The molecule has 1 aliphatic rings. The van der Waals surface area contributed by atoms with Gasteiger partial charge in [0.2, 0.25) is 0 Å². The third-order valence-electron chi connectivity index (χ3n) is 6.76. The number of aryl methyl sites for hydroxylation is 1. The number of carbonyl (C=O) groups is 1. The molecule has 1 amide bonds. The van der Waals surface area contributed by atoms with E-state index in [-0.39, 0.29) is 16.2 Å². The van der Waals surface area contributed by atoms with Crippen LogP contribution in [-0.2, 0) is 15.4 Å². The Hall–Kier alpha value is -3.65. The molecule has 0 bridgehead atoms. The zero-order valence-electron chi connectivity index (χ0n) is 20.5. The second-order valence-electron chi connectivity index (χ2n) is 9.12. The molecule has 0 radical (unpaired) electrons. The van der Waals surface area contributed by atoms with Crippen molar-refractivity contribution >= 4 is 21.6 Å². The SMILES string of the molecule is COc1ccccc1C(=O)NCC1(c2ccccc2)CCC(=NNS(=O)(=O)c2ccc(C)cc2)CC1. The number of hydrogen-bond acceptors (Lipinski definition) is 5. The summed E-state index contributed by atoms with van der Waals surface area (Å²) >= 11 is 0. The monoisotopic (exact) mass is 505 g/mol. The first-order chi connectivity index (χ1) is 17.3. The van der Waals surface area contributed by atoms with E-state index in [4.69, 9.17) is 4.74 Å². The molecule has 7 nitrogen and oxygen atoms in total. The van der Waals surface area contributed by atoms with E-state index in [9.17, 15) is 13.2 Å². The predicted molar refractivity (Wildman–Crippen MR) is 141 cm³/mol. The lowest BCUT2D eigenvalue weighted by Gasteiger charge is -2.38. The van der Waals surface area contributed by atoms with Crippen LogP contribution in [0.2, 0.25) is 0 Å². The molecule has 0 atom stereocenters. The molecule has 1 fully saturated rings. The number of benzene rings is 3. The highest BCUT2D eigenvalue weighted by Gasteiger charge is 2.36. The summed E-state index contributed by atoms with van der Waals surface area (Å²) in [6.07, 6.45) is 2.70. The number of amides is 1. The quantitative estimate of drug-likeness (QED) is 0.438. The fraction of sp³-hybridized carbons (Fsp3) is 0.286. The Morgan fingerprint density at radius 3 is 2.25 bits per heavy atom. The van der Waals surface area contributed by atoms with Crippen molar-refractivity contribution in [1.82, 2.24) is 10.1 Å². The van der Waals surface area contributed by atoms with Gasteiger partial charge in [0.15, 0.2) is 0 Å². The van der Waals surface area contributed by atoms with Crippen molar-refractivity contribution in [3.8, 4) is 5.75 Å². The molecule has 4 rings (SSSR count). The maximum atomic E-state index is 13.0. The van der Waals surface area contributed by atoms with E-state index >= 15 is 0 Å². The topological polar surface area (TPSA) is 96.9 Å². The van der Waals surface area contributed by atoms with Crippen molar-refractivity contribution in [2.75, 3.05) is 13.7 Å². The largest absolute Gasteiger partial charge is 0.496 e. The summed E-state index contributed by atoms with van der Waals surface area (Å²) in [5, 5.41) is 7.36. The van der Waals surface area contributed by atoms with Crippen LogP contribution in [0.1, 0.15) is 47.2 Å². The van der Waals surface area contributed by atoms with Crippen molar-refractivity contribution in [2.24, 2.45) is 5.10 Å². The van der Waals surface area contributed by atoms with Crippen LogP contribution in [0.5, 0.6) is 5.75 Å². The van der Waals surface area contributed by atoms with Gasteiger partial charge in [-0.25, -0.2) is 4.83 Å². The fourth-order valence-corrected chi connectivity index (χ4v) is 5.41. The van der Waals surface area contributed by atoms with Crippen LogP contribution < -0.4 is 14.9 Å². The molecule has 0 heterocycles. The first-order valence-electron chi connectivity index (χ1n) is 11.9. The minimum Gasteiger partial charge on any atom is -0.496 e. The summed E-state index contributed by atoms with van der Waals surface area (Å²) in [7, 11) is -2.17. The van der Waals surface area contributed by atoms with Gasteiger partial charge in [-0.2, -0.15) is 13.5 Å². The number of hydrogen-bond donors (Lipinski definition) is 2. The molecule has 3 aromatic carbocycles. The lowest BCUT2D eigenvalue weighted by molar-refractivity contribution is 0.0937. The summed E-state index contributed by atoms with van der Waals surface area (Å²) in [6, 6.07) is 23.9. The van der Waals surface area contributed by atoms with E-state index in [0.29, 0.717) is 30.7 Å². The minimum atomic E-state index is -3.72. The molecule has 1 aliphatic carbocycles. The second kappa shape index (κ2) is 11.0. The van der Waals surface area contributed by atoms with Crippen LogP contribution in [0.15, 0.2) is 88.9 Å².